The molecule has 0 radical (unpaired) electrons. The predicted molar refractivity (Wildman–Crippen MR) is 101 cm³/mol. The Kier molecular flexibility index (Phi) is 7.00. The molecule has 2 fully saturated rings. The minimum atomic E-state index is 0.0622. The van der Waals surface area contributed by atoms with Gasteiger partial charge in [-0.05, 0) is 50.8 Å². The number of amides is 2. The summed E-state index contributed by atoms with van der Waals surface area (Å²) in [7, 11) is 0. The molecule has 1 aromatic heterocycles. The molecule has 1 N–H and O–H groups in total. The van der Waals surface area contributed by atoms with Gasteiger partial charge in [0.05, 0.1) is 5.56 Å². The average molecular weight is 358 g/mol. The van der Waals surface area contributed by atoms with E-state index in [0.717, 1.165) is 51.9 Å². The van der Waals surface area contributed by atoms with Crippen molar-refractivity contribution in [2.45, 2.75) is 51.0 Å². The van der Waals surface area contributed by atoms with Crippen molar-refractivity contribution in [2.24, 2.45) is 0 Å². The van der Waals surface area contributed by atoms with Gasteiger partial charge in [-0.25, -0.2) is 0 Å². The molecular weight excluding hydrogens is 328 g/mol. The largest absolute Gasteiger partial charge is 0.356 e. The number of hydrogen-bond donors (Lipinski definition) is 1. The first-order valence-corrected chi connectivity index (χ1v) is 9.94. The lowest BCUT2D eigenvalue weighted by molar-refractivity contribution is -0.122. The molecule has 3 heterocycles. The first kappa shape index (κ1) is 18.8. The summed E-state index contributed by atoms with van der Waals surface area (Å²) in [5.74, 6) is 0.233. The molecule has 2 amide bonds. The predicted octanol–water partition coefficient (Wildman–Crippen LogP) is 2.07. The third-order valence-corrected chi connectivity index (χ3v) is 5.42. The monoisotopic (exact) mass is 358 g/mol. The summed E-state index contributed by atoms with van der Waals surface area (Å²) >= 11 is 0. The SMILES string of the molecule is O=C1CC2CCCCN2CCCN(C(=O)c2cccnc2)CCCCN1. The van der Waals surface area contributed by atoms with Gasteiger partial charge in [0.1, 0.15) is 0 Å². The van der Waals surface area contributed by atoms with Gasteiger partial charge in [-0.15, -0.1) is 0 Å². The van der Waals surface area contributed by atoms with Crippen molar-refractivity contribution in [1.29, 1.82) is 0 Å². The van der Waals surface area contributed by atoms with Crippen LogP contribution in [0.3, 0.4) is 0 Å². The third-order valence-electron chi connectivity index (χ3n) is 5.42. The van der Waals surface area contributed by atoms with E-state index in [0.29, 0.717) is 24.6 Å². The molecule has 1 atom stereocenters. The standard InChI is InChI=1S/C20H30N4O2/c25-19-15-18-8-1-3-11-23(18)13-6-14-24(12-4-2-10-22-19)20(26)17-7-5-9-21-16-17/h5,7,9,16,18H,1-4,6,8,10-15H2,(H,22,25). The van der Waals surface area contributed by atoms with Crippen molar-refractivity contribution in [2.75, 3.05) is 32.7 Å². The van der Waals surface area contributed by atoms with Gasteiger partial charge in [0.25, 0.3) is 5.91 Å². The van der Waals surface area contributed by atoms with Crippen LogP contribution in [-0.4, -0.2) is 65.4 Å². The van der Waals surface area contributed by atoms with E-state index in [-0.39, 0.29) is 11.8 Å². The number of fused-ring (bicyclic) bond motifs is 1. The number of carbonyl (C=O) groups excluding carboxylic acids is 2. The lowest BCUT2D eigenvalue weighted by Crippen LogP contribution is -2.44. The zero-order chi connectivity index (χ0) is 18.2. The fourth-order valence-corrected chi connectivity index (χ4v) is 3.98. The number of aromatic nitrogens is 1. The van der Waals surface area contributed by atoms with Crippen molar-refractivity contribution in [3.05, 3.63) is 30.1 Å². The van der Waals surface area contributed by atoms with Crippen LogP contribution in [0, 0.1) is 0 Å². The molecule has 1 unspecified atom stereocenters. The second-order valence-electron chi connectivity index (χ2n) is 7.33. The number of hydrogen-bond acceptors (Lipinski definition) is 4. The number of rotatable bonds is 1. The van der Waals surface area contributed by atoms with E-state index in [1.807, 2.05) is 17.0 Å². The van der Waals surface area contributed by atoms with Crippen molar-refractivity contribution in [3.63, 3.8) is 0 Å². The fourth-order valence-electron chi connectivity index (χ4n) is 3.98. The third kappa shape index (κ3) is 5.27. The first-order valence-electron chi connectivity index (χ1n) is 9.94. The van der Waals surface area contributed by atoms with Crippen molar-refractivity contribution in [3.8, 4) is 0 Å². The van der Waals surface area contributed by atoms with Crippen LogP contribution in [0.2, 0.25) is 0 Å². The van der Waals surface area contributed by atoms with Gasteiger partial charge in [-0.3, -0.25) is 19.5 Å². The molecule has 0 bridgehead atoms. The first-order chi connectivity index (χ1) is 12.7. The van der Waals surface area contributed by atoms with E-state index >= 15 is 0 Å². The molecule has 0 saturated carbocycles. The normalized spacial score (nSPS) is 23.8. The van der Waals surface area contributed by atoms with Gasteiger partial charge >= 0.3 is 0 Å². The van der Waals surface area contributed by atoms with Gasteiger partial charge in [-0.1, -0.05) is 6.42 Å². The molecule has 3 rings (SSSR count). The highest BCUT2D eigenvalue weighted by Gasteiger charge is 2.25. The Morgan fingerprint density at radius 1 is 1.08 bits per heavy atom. The quantitative estimate of drug-likeness (QED) is 0.835. The van der Waals surface area contributed by atoms with Crippen molar-refractivity contribution >= 4 is 11.8 Å². The summed E-state index contributed by atoms with van der Waals surface area (Å²) in [5.41, 5.74) is 0.654. The molecule has 0 spiro atoms. The van der Waals surface area contributed by atoms with Crippen LogP contribution in [0.4, 0.5) is 0 Å². The molecule has 0 aliphatic carbocycles. The van der Waals surface area contributed by atoms with E-state index in [2.05, 4.69) is 15.2 Å². The summed E-state index contributed by atoms with van der Waals surface area (Å²) in [6.45, 7) is 4.20. The molecule has 2 aliphatic rings. The van der Waals surface area contributed by atoms with Crippen molar-refractivity contribution < 1.29 is 9.59 Å². The molecule has 0 aromatic carbocycles. The smallest absolute Gasteiger partial charge is 0.255 e. The highest BCUT2D eigenvalue weighted by Crippen LogP contribution is 2.20. The topological polar surface area (TPSA) is 65.5 Å². The molecule has 142 valence electrons. The number of nitrogens with one attached hydrogen (secondary N) is 1. The molecule has 26 heavy (non-hydrogen) atoms. The molecule has 2 aliphatic heterocycles. The van der Waals surface area contributed by atoms with Gasteiger partial charge < -0.3 is 10.2 Å². The molecule has 1 aromatic rings. The Morgan fingerprint density at radius 2 is 1.88 bits per heavy atom. The number of nitrogens with zero attached hydrogens (tertiary/aromatic N) is 3. The van der Waals surface area contributed by atoms with E-state index in [1.165, 1.54) is 12.8 Å². The lowest BCUT2D eigenvalue weighted by atomic mass is 9.98. The zero-order valence-corrected chi connectivity index (χ0v) is 15.5. The Labute approximate surface area is 156 Å². The minimum absolute atomic E-state index is 0.0622. The summed E-state index contributed by atoms with van der Waals surface area (Å²) in [6, 6.07) is 3.99. The van der Waals surface area contributed by atoms with E-state index in [4.69, 9.17) is 0 Å². The molecule has 6 heteroatoms. The Morgan fingerprint density at radius 3 is 2.73 bits per heavy atom. The van der Waals surface area contributed by atoms with Crippen LogP contribution in [-0.2, 0) is 4.79 Å². The number of piperidine rings is 1. The Bertz CT molecular complexity index is 593. The summed E-state index contributed by atoms with van der Waals surface area (Å²) in [5, 5.41) is 3.05. The zero-order valence-electron chi connectivity index (χ0n) is 15.5. The summed E-state index contributed by atoms with van der Waals surface area (Å²) in [6.07, 6.45) is 10.2. The Balaban J connectivity index is 1.65. The second-order valence-corrected chi connectivity index (χ2v) is 7.33. The van der Waals surface area contributed by atoms with Crippen LogP contribution in [0.5, 0.6) is 0 Å². The lowest BCUT2D eigenvalue weighted by Gasteiger charge is -2.35. The molecule has 6 nitrogen and oxygen atoms in total. The Hall–Kier alpha value is -1.95. The maximum Gasteiger partial charge on any atom is 0.255 e. The van der Waals surface area contributed by atoms with Crippen LogP contribution >= 0.6 is 0 Å². The maximum absolute atomic E-state index is 12.8. The number of carbonyl (C=O) groups is 2. The summed E-state index contributed by atoms with van der Waals surface area (Å²) in [4.78, 5) is 33.5. The van der Waals surface area contributed by atoms with Crippen LogP contribution in [0.1, 0.15) is 55.3 Å². The van der Waals surface area contributed by atoms with E-state index in [9.17, 15) is 9.59 Å². The number of pyridine rings is 1. The highest BCUT2D eigenvalue weighted by atomic mass is 16.2. The van der Waals surface area contributed by atoms with E-state index < -0.39 is 0 Å². The minimum Gasteiger partial charge on any atom is -0.356 e. The molecular formula is C20H30N4O2. The van der Waals surface area contributed by atoms with Gasteiger partial charge in [0, 0.05) is 51.0 Å². The highest BCUT2D eigenvalue weighted by molar-refractivity contribution is 5.93. The van der Waals surface area contributed by atoms with Crippen LogP contribution in [0.25, 0.3) is 0 Å². The van der Waals surface area contributed by atoms with Crippen LogP contribution < -0.4 is 5.32 Å². The van der Waals surface area contributed by atoms with Crippen LogP contribution in [0.15, 0.2) is 24.5 Å². The fraction of sp³-hybridized carbons (Fsp3) is 0.650. The van der Waals surface area contributed by atoms with Gasteiger partial charge in [0.15, 0.2) is 0 Å². The second kappa shape index (κ2) is 9.67. The average Bonchev–Trinajstić information content (AvgIpc) is 2.68. The maximum atomic E-state index is 12.8. The van der Waals surface area contributed by atoms with E-state index in [1.54, 1.807) is 12.4 Å². The molecule has 2 saturated heterocycles. The summed E-state index contributed by atoms with van der Waals surface area (Å²) < 4.78 is 0. The van der Waals surface area contributed by atoms with Gasteiger partial charge in [0.2, 0.25) is 5.91 Å². The van der Waals surface area contributed by atoms with Gasteiger partial charge in [-0.2, -0.15) is 0 Å². The van der Waals surface area contributed by atoms with Crippen molar-refractivity contribution in [1.82, 2.24) is 20.1 Å².